The SMILES string of the molecule is CC(C)C(=O)OCc1ccc(NC(=O)CNC(=O)C2NC(=O)C(NC(=O)CNC=O)CS(=O)(=O)OC2C)cc1. The number of carbonyl (C=O) groups excluding carboxylic acids is 6. The molecule has 1 saturated heterocycles. The molecule has 1 aromatic carbocycles. The molecule has 16 heteroatoms. The number of anilines is 1. The second-order valence-electron chi connectivity index (χ2n) is 8.86. The van der Waals surface area contributed by atoms with E-state index in [4.69, 9.17) is 8.92 Å². The van der Waals surface area contributed by atoms with Crippen LogP contribution in [0.25, 0.3) is 0 Å². The second kappa shape index (κ2) is 14.2. The van der Waals surface area contributed by atoms with Crippen molar-refractivity contribution in [3.63, 3.8) is 0 Å². The van der Waals surface area contributed by atoms with Gasteiger partial charge >= 0.3 is 5.97 Å². The summed E-state index contributed by atoms with van der Waals surface area (Å²) in [7, 11) is -4.35. The lowest BCUT2D eigenvalue weighted by molar-refractivity contribution is -0.148. The first-order valence-electron chi connectivity index (χ1n) is 11.8. The van der Waals surface area contributed by atoms with Gasteiger partial charge in [0, 0.05) is 5.69 Å². The molecule has 0 aliphatic carbocycles. The van der Waals surface area contributed by atoms with Crippen LogP contribution in [-0.4, -0.2) is 81.5 Å². The number of amides is 5. The number of esters is 1. The largest absolute Gasteiger partial charge is 0.461 e. The summed E-state index contributed by atoms with van der Waals surface area (Å²) < 4.78 is 34.7. The van der Waals surface area contributed by atoms with Gasteiger partial charge in [-0.3, -0.25) is 33.0 Å². The van der Waals surface area contributed by atoms with Gasteiger partial charge in [-0.2, -0.15) is 8.42 Å². The summed E-state index contributed by atoms with van der Waals surface area (Å²) in [5.74, 6) is -4.83. The van der Waals surface area contributed by atoms with Crippen LogP contribution in [0.3, 0.4) is 0 Å². The Hall–Kier alpha value is -4.05. The van der Waals surface area contributed by atoms with Crippen molar-refractivity contribution in [1.82, 2.24) is 21.3 Å². The smallest absolute Gasteiger partial charge is 0.308 e. The van der Waals surface area contributed by atoms with Gasteiger partial charge in [0.1, 0.15) is 30.5 Å². The van der Waals surface area contributed by atoms with Gasteiger partial charge in [-0.1, -0.05) is 26.0 Å². The van der Waals surface area contributed by atoms with Crippen molar-refractivity contribution >= 4 is 51.8 Å². The van der Waals surface area contributed by atoms with E-state index in [9.17, 15) is 37.2 Å². The zero-order valence-corrected chi connectivity index (χ0v) is 22.3. The van der Waals surface area contributed by atoms with E-state index in [-0.39, 0.29) is 24.9 Å². The first-order chi connectivity index (χ1) is 18.3. The Balaban J connectivity index is 1.95. The molecule has 1 aliphatic rings. The lowest BCUT2D eigenvalue weighted by Crippen LogP contribution is -2.62. The first-order valence-corrected chi connectivity index (χ1v) is 13.4. The molecule has 5 N–H and O–H groups in total. The number of hydrogen-bond acceptors (Lipinski definition) is 10. The number of rotatable bonds is 11. The third-order valence-electron chi connectivity index (χ3n) is 5.23. The minimum absolute atomic E-state index is 0.0740. The highest BCUT2D eigenvalue weighted by Gasteiger charge is 2.39. The monoisotopic (exact) mass is 569 g/mol. The van der Waals surface area contributed by atoms with Gasteiger partial charge in [-0.25, -0.2) is 0 Å². The van der Waals surface area contributed by atoms with Crippen LogP contribution < -0.4 is 26.6 Å². The number of nitrogens with one attached hydrogen (secondary N) is 5. The van der Waals surface area contributed by atoms with Gasteiger partial charge in [0.15, 0.2) is 0 Å². The van der Waals surface area contributed by atoms with Crippen molar-refractivity contribution in [3.05, 3.63) is 29.8 Å². The molecule has 1 fully saturated rings. The normalized spacial score (nSPS) is 20.4. The summed E-state index contributed by atoms with van der Waals surface area (Å²) in [5, 5.41) is 11.4. The van der Waals surface area contributed by atoms with E-state index >= 15 is 0 Å². The van der Waals surface area contributed by atoms with Crippen LogP contribution in [0.15, 0.2) is 24.3 Å². The predicted octanol–water partition coefficient (Wildman–Crippen LogP) is -2.10. The summed E-state index contributed by atoms with van der Waals surface area (Å²) in [6.07, 6.45) is -1.08. The highest BCUT2D eigenvalue weighted by Crippen LogP contribution is 2.13. The first kappa shape index (κ1) is 31.2. The van der Waals surface area contributed by atoms with E-state index in [1.165, 1.54) is 6.92 Å². The van der Waals surface area contributed by atoms with E-state index < -0.39 is 70.8 Å². The number of benzene rings is 1. The van der Waals surface area contributed by atoms with Crippen molar-refractivity contribution in [2.24, 2.45) is 5.92 Å². The Morgan fingerprint density at radius 3 is 2.41 bits per heavy atom. The third-order valence-corrected chi connectivity index (χ3v) is 6.57. The van der Waals surface area contributed by atoms with Gasteiger partial charge in [-0.15, -0.1) is 0 Å². The number of ether oxygens (including phenoxy) is 1. The molecule has 5 amide bonds. The van der Waals surface area contributed by atoms with Crippen LogP contribution in [0.4, 0.5) is 5.69 Å². The van der Waals surface area contributed by atoms with Crippen LogP contribution in [0.1, 0.15) is 26.3 Å². The second-order valence-corrected chi connectivity index (χ2v) is 10.5. The van der Waals surface area contributed by atoms with Crippen LogP contribution >= 0.6 is 0 Å². The van der Waals surface area contributed by atoms with Gasteiger partial charge in [0.2, 0.25) is 30.0 Å². The summed E-state index contributed by atoms with van der Waals surface area (Å²) in [4.78, 5) is 71.4. The average Bonchev–Trinajstić information content (AvgIpc) is 2.86. The van der Waals surface area contributed by atoms with Crippen molar-refractivity contribution in [2.45, 2.75) is 45.6 Å². The molecule has 1 aliphatic heterocycles. The van der Waals surface area contributed by atoms with Gasteiger partial charge in [0.25, 0.3) is 10.1 Å². The fourth-order valence-electron chi connectivity index (χ4n) is 3.23. The van der Waals surface area contributed by atoms with Gasteiger partial charge < -0.3 is 31.3 Å². The molecule has 1 heterocycles. The maximum atomic E-state index is 12.7. The molecule has 0 aromatic heterocycles. The van der Waals surface area contributed by atoms with Crippen LogP contribution in [0.5, 0.6) is 0 Å². The van der Waals surface area contributed by atoms with Crippen molar-refractivity contribution < 1.29 is 46.1 Å². The molecule has 3 unspecified atom stereocenters. The summed E-state index contributed by atoms with van der Waals surface area (Å²) in [5.41, 5.74) is 1.10. The molecule has 2 rings (SSSR count). The van der Waals surface area contributed by atoms with Gasteiger partial charge in [0.05, 0.1) is 19.0 Å². The fourth-order valence-corrected chi connectivity index (χ4v) is 4.53. The molecule has 0 bridgehead atoms. The van der Waals surface area contributed by atoms with Crippen molar-refractivity contribution in [1.29, 1.82) is 0 Å². The predicted molar refractivity (Wildman–Crippen MR) is 135 cm³/mol. The molecule has 3 atom stereocenters. The van der Waals surface area contributed by atoms with E-state index in [0.717, 1.165) is 0 Å². The van der Waals surface area contributed by atoms with Crippen molar-refractivity contribution in [3.8, 4) is 0 Å². The fraction of sp³-hybridized carbons (Fsp3) is 0.478. The quantitative estimate of drug-likeness (QED) is 0.111. The molecule has 0 radical (unpaired) electrons. The zero-order valence-electron chi connectivity index (χ0n) is 21.5. The minimum atomic E-state index is -4.35. The summed E-state index contributed by atoms with van der Waals surface area (Å²) >= 11 is 0. The Morgan fingerprint density at radius 1 is 1.13 bits per heavy atom. The third kappa shape index (κ3) is 10.3. The average molecular weight is 570 g/mol. The van der Waals surface area contributed by atoms with Crippen LogP contribution in [-0.2, 0) is 54.4 Å². The van der Waals surface area contributed by atoms with Gasteiger partial charge in [-0.05, 0) is 24.6 Å². The van der Waals surface area contributed by atoms with E-state index in [0.29, 0.717) is 11.3 Å². The maximum Gasteiger partial charge on any atom is 0.308 e. The lowest BCUT2D eigenvalue weighted by atomic mass is 10.1. The topological polar surface area (TPSA) is 215 Å². The molecular formula is C23H31N5O10S. The Morgan fingerprint density at radius 2 is 1.79 bits per heavy atom. The van der Waals surface area contributed by atoms with Crippen LogP contribution in [0.2, 0.25) is 0 Å². The zero-order chi connectivity index (χ0) is 29.2. The van der Waals surface area contributed by atoms with E-state index in [2.05, 4.69) is 26.6 Å². The molecule has 0 saturated carbocycles. The molecular weight excluding hydrogens is 538 g/mol. The molecule has 39 heavy (non-hydrogen) atoms. The minimum Gasteiger partial charge on any atom is -0.461 e. The van der Waals surface area contributed by atoms with E-state index in [1.807, 2.05) is 0 Å². The number of hydrogen-bond donors (Lipinski definition) is 5. The highest BCUT2D eigenvalue weighted by molar-refractivity contribution is 7.86. The number of carbonyl (C=O) groups is 6. The van der Waals surface area contributed by atoms with Crippen molar-refractivity contribution in [2.75, 3.05) is 24.2 Å². The standard InChI is InChI=1S/C23H31N5O10S/c1-13(2)23(34)37-10-15-4-6-16(7-5-15)26-19(31)9-25-22(33)20-14(3)38-39(35,36)11-17(21(32)28-20)27-18(30)8-24-12-29/h4-7,12-14,17,20H,8-11H2,1-3H3,(H,24,29)(H,25,33)(H,26,31)(H,27,30)(H,28,32). The van der Waals surface area contributed by atoms with Crippen LogP contribution in [0, 0.1) is 5.92 Å². The Labute approximate surface area is 224 Å². The maximum absolute atomic E-state index is 12.7. The van der Waals surface area contributed by atoms with E-state index in [1.54, 1.807) is 38.1 Å². The molecule has 1 aromatic rings. The summed E-state index contributed by atoms with van der Waals surface area (Å²) in [6.45, 7) is 3.73. The highest BCUT2D eigenvalue weighted by atomic mass is 32.2. The molecule has 0 spiro atoms. The molecule has 214 valence electrons. The Kier molecular flexibility index (Phi) is 11.3. The Bertz CT molecular complexity index is 1190. The summed E-state index contributed by atoms with van der Waals surface area (Å²) in [6, 6.07) is 3.34. The molecule has 15 nitrogen and oxygen atoms in total. The lowest BCUT2D eigenvalue weighted by Gasteiger charge is -2.29.